The lowest BCUT2D eigenvalue weighted by Gasteiger charge is -2.07. The highest BCUT2D eigenvalue weighted by Crippen LogP contribution is 2.16. The van der Waals surface area contributed by atoms with Crippen molar-refractivity contribution < 1.29 is 4.74 Å². The van der Waals surface area contributed by atoms with Crippen molar-refractivity contribution in [1.29, 1.82) is 0 Å². The van der Waals surface area contributed by atoms with Crippen molar-refractivity contribution >= 4 is 23.8 Å². The lowest BCUT2D eigenvalue weighted by Crippen LogP contribution is -2.12. The number of nitrogens with zero attached hydrogens (tertiary/aromatic N) is 2. The Morgan fingerprint density at radius 3 is 2.75 bits per heavy atom. The summed E-state index contributed by atoms with van der Waals surface area (Å²) in [5.74, 6) is 1.19. The average molecular weight is 397 g/mol. The van der Waals surface area contributed by atoms with Gasteiger partial charge in [0.1, 0.15) is 12.4 Å². The van der Waals surface area contributed by atoms with Crippen LogP contribution >= 0.6 is 11.6 Å². The number of nitrogens with one attached hydrogen (secondary N) is 2. The summed E-state index contributed by atoms with van der Waals surface area (Å²) >= 11 is 5.89. The van der Waals surface area contributed by atoms with E-state index in [1.54, 1.807) is 6.21 Å². The van der Waals surface area contributed by atoms with E-state index in [4.69, 9.17) is 16.3 Å². The molecule has 7 heteroatoms. The first kappa shape index (κ1) is 19.6. The third-order valence-electron chi connectivity index (χ3n) is 3.91. The van der Waals surface area contributed by atoms with Crippen molar-refractivity contribution in [1.82, 2.24) is 9.97 Å². The third kappa shape index (κ3) is 5.69. The molecule has 0 saturated carbocycles. The average Bonchev–Trinajstić information content (AvgIpc) is 2.67. The van der Waals surface area contributed by atoms with Gasteiger partial charge >= 0.3 is 0 Å². The molecule has 0 amide bonds. The summed E-state index contributed by atoms with van der Waals surface area (Å²) in [5, 5.41) is 4.84. The van der Waals surface area contributed by atoms with E-state index in [2.05, 4.69) is 20.5 Å². The first-order valence-electron chi connectivity index (χ1n) is 8.87. The lowest BCUT2D eigenvalue weighted by molar-refractivity contribution is 0.306. The van der Waals surface area contributed by atoms with E-state index >= 15 is 0 Å². The largest absolute Gasteiger partial charge is 0.489 e. The molecule has 1 aromatic heterocycles. The molecule has 144 valence electrons. The maximum absolute atomic E-state index is 11.7. The molecule has 0 aliphatic carbocycles. The monoisotopic (exact) mass is 396 g/mol. The Hall–Kier alpha value is -3.12. The van der Waals surface area contributed by atoms with Gasteiger partial charge in [0.05, 0.1) is 11.9 Å². The molecular formula is C21H21ClN4O2. The van der Waals surface area contributed by atoms with Gasteiger partial charge in [0.25, 0.3) is 5.56 Å². The molecule has 3 aromatic rings. The second-order valence-electron chi connectivity index (χ2n) is 6.53. The first-order valence-corrected chi connectivity index (χ1v) is 9.25. The standard InChI is InChI=1S/C21H21ClN4O2/c1-14(2)19-11-20(27)25-21(24-19)26-23-12-16-4-3-5-18(10-16)28-13-15-6-8-17(22)9-7-15/h3-12,14H,13H2,1-2H3,(H2,24,25,26,27)/b23-12-. The molecule has 0 spiro atoms. The van der Waals surface area contributed by atoms with Crippen LogP contribution in [0.25, 0.3) is 0 Å². The number of hydrazone groups is 1. The van der Waals surface area contributed by atoms with E-state index in [9.17, 15) is 4.79 Å². The van der Waals surface area contributed by atoms with Crippen LogP contribution in [0.15, 0.2) is 64.5 Å². The molecule has 0 aliphatic heterocycles. The summed E-state index contributed by atoms with van der Waals surface area (Å²) in [5.41, 5.74) is 5.14. The summed E-state index contributed by atoms with van der Waals surface area (Å²) in [6.07, 6.45) is 1.64. The van der Waals surface area contributed by atoms with Crippen LogP contribution in [0.4, 0.5) is 5.95 Å². The minimum atomic E-state index is -0.214. The van der Waals surface area contributed by atoms with E-state index in [-0.39, 0.29) is 11.5 Å². The maximum atomic E-state index is 11.7. The fourth-order valence-electron chi connectivity index (χ4n) is 2.43. The number of H-pyrrole nitrogens is 1. The highest BCUT2D eigenvalue weighted by Gasteiger charge is 2.04. The fourth-order valence-corrected chi connectivity index (χ4v) is 2.55. The molecule has 3 rings (SSSR count). The lowest BCUT2D eigenvalue weighted by atomic mass is 10.1. The predicted molar refractivity (Wildman–Crippen MR) is 112 cm³/mol. The van der Waals surface area contributed by atoms with Crippen molar-refractivity contribution in [2.45, 2.75) is 26.4 Å². The molecule has 0 aliphatic rings. The van der Waals surface area contributed by atoms with Crippen LogP contribution in [-0.2, 0) is 6.61 Å². The van der Waals surface area contributed by atoms with Crippen LogP contribution in [-0.4, -0.2) is 16.2 Å². The zero-order chi connectivity index (χ0) is 19.9. The Balaban J connectivity index is 1.62. The summed E-state index contributed by atoms with van der Waals surface area (Å²) in [6, 6.07) is 16.6. The highest BCUT2D eigenvalue weighted by atomic mass is 35.5. The van der Waals surface area contributed by atoms with Gasteiger partial charge in [-0.15, -0.1) is 0 Å². The molecule has 0 unspecified atom stereocenters. The third-order valence-corrected chi connectivity index (χ3v) is 4.17. The summed E-state index contributed by atoms with van der Waals surface area (Å²) in [4.78, 5) is 18.6. The van der Waals surface area contributed by atoms with Crippen LogP contribution in [0, 0.1) is 0 Å². The van der Waals surface area contributed by atoms with Gasteiger partial charge in [0, 0.05) is 11.1 Å². The van der Waals surface area contributed by atoms with Crippen LogP contribution < -0.4 is 15.7 Å². The minimum Gasteiger partial charge on any atom is -0.489 e. The van der Waals surface area contributed by atoms with E-state index in [0.29, 0.717) is 23.3 Å². The summed E-state index contributed by atoms with van der Waals surface area (Å²) in [6.45, 7) is 4.40. The molecule has 0 bridgehead atoms. The van der Waals surface area contributed by atoms with Crippen LogP contribution in [0.5, 0.6) is 5.75 Å². The second kappa shape index (κ2) is 9.19. The van der Waals surface area contributed by atoms with Crippen LogP contribution in [0.2, 0.25) is 5.02 Å². The van der Waals surface area contributed by atoms with E-state index in [1.807, 2.05) is 62.4 Å². The molecule has 2 aromatic carbocycles. The number of halogens is 1. The number of ether oxygens (including phenoxy) is 1. The van der Waals surface area contributed by atoms with Crippen molar-refractivity contribution in [3.05, 3.63) is 86.8 Å². The van der Waals surface area contributed by atoms with E-state index in [0.717, 1.165) is 16.9 Å². The Kier molecular flexibility index (Phi) is 6.45. The fraction of sp³-hybridized carbons (Fsp3) is 0.190. The van der Waals surface area contributed by atoms with Crippen molar-refractivity contribution in [2.24, 2.45) is 5.10 Å². The Bertz CT molecular complexity index is 1010. The maximum Gasteiger partial charge on any atom is 0.252 e. The molecule has 1 heterocycles. The molecule has 6 nitrogen and oxygen atoms in total. The van der Waals surface area contributed by atoms with Crippen LogP contribution in [0.1, 0.15) is 36.6 Å². The van der Waals surface area contributed by atoms with Gasteiger partial charge in [0.15, 0.2) is 0 Å². The number of hydrogen-bond acceptors (Lipinski definition) is 5. The first-order chi connectivity index (χ1) is 13.5. The van der Waals surface area contributed by atoms with Gasteiger partial charge in [-0.1, -0.05) is 49.7 Å². The van der Waals surface area contributed by atoms with Crippen molar-refractivity contribution in [3.63, 3.8) is 0 Å². The number of hydrogen-bond donors (Lipinski definition) is 2. The molecule has 0 saturated heterocycles. The van der Waals surface area contributed by atoms with Gasteiger partial charge in [0.2, 0.25) is 5.95 Å². The SMILES string of the molecule is CC(C)c1cc(=O)[nH]c(N/N=C\c2cccc(OCc3ccc(Cl)cc3)c2)n1. The minimum absolute atomic E-state index is 0.154. The summed E-state index contributed by atoms with van der Waals surface area (Å²) < 4.78 is 5.81. The summed E-state index contributed by atoms with van der Waals surface area (Å²) in [7, 11) is 0. The van der Waals surface area contributed by atoms with Gasteiger partial charge in [-0.3, -0.25) is 9.78 Å². The van der Waals surface area contributed by atoms with Gasteiger partial charge in [-0.05, 0) is 41.3 Å². The molecule has 0 atom stereocenters. The Morgan fingerprint density at radius 2 is 2.00 bits per heavy atom. The number of aromatic nitrogens is 2. The second-order valence-corrected chi connectivity index (χ2v) is 6.97. The quantitative estimate of drug-likeness (QED) is 0.452. The number of benzene rings is 2. The van der Waals surface area contributed by atoms with Gasteiger partial charge in [-0.25, -0.2) is 10.4 Å². The highest BCUT2D eigenvalue weighted by molar-refractivity contribution is 6.30. The van der Waals surface area contributed by atoms with E-state index in [1.165, 1.54) is 6.07 Å². The molecule has 0 fully saturated rings. The predicted octanol–water partition coefficient (Wildman–Crippen LogP) is 4.57. The number of aromatic amines is 1. The van der Waals surface area contributed by atoms with Crippen molar-refractivity contribution in [2.75, 3.05) is 5.43 Å². The number of anilines is 1. The smallest absolute Gasteiger partial charge is 0.252 e. The topological polar surface area (TPSA) is 79.4 Å². The van der Waals surface area contributed by atoms with Gasteiger partial charge in [-0.2, -0.15) is 5.10 Å². The zero-order valence-electron chi connectivity index (χ0n) is 15.6. The van der Waals surface area contributed by atoms with E-state index < -0.39 is 0 Å². The molecule has 2 N–H and O–H groups in total. The van der Waals surface area contributed by atoms with Gasteiger partial charge < -0.3 is 4.74 Å². The van der Waals surface area contributed by atoms with Crippen molar-refractivity contribution in [3.8, 4) is 5.75 Å². The molecule has 0 radical (unpaired) electrons. The number of rotatable bonds is 7. The Labute approximate surface area is 168 Å². The Morgan fingerprint density at radius 1 is 1.21 bits per heavy atom. The zero-order valence-corrected chi connectivity index (χ0v) is 16.4. The molecule has 28 heavy (non-hydrogen) atoms. The normalized spacial score (nSPS) is 11.1. The van der Waals surface area contributed by atoms with Crippen LogP contribution in [0.3, 0.4) is 0 Å². The molecular weight excluding hydrogens is 376 g/mol.